The fraction of sp³-hybridized carbons (Fsp3) is 0.316. The topological polar surface area (TPSA) is 140 Å². The van der Waals surface area contributed by atoms with Gasteiger partial charge in [0.25, 0.3) is 0 Å². The molecule has 0 aliphatic heterocycles. The Hall–Kier alpha value is -6.39. The van der Waals surface area contributed by atoms with Crippen LogP contribution < -0.4 is 0 Å². The molecular weight excluding hydrogens is 829 g/mol. The van der Waals surface area contributed by atoms with Crippen molar-refractivity contribution in [3.63, 3.8) is 0 Å². The average molecular weight is 895 g/mol. The number of aliphatic hydroxyl groups excluding tert-OH is 3. The highest BCUT2D eigenvalue weighted by molar-refractivity contribution is 5.75. The van der Waals surface area contributed by atoms with Gasteiger partial charge in [-0.15, -0.1) is 0 Å². The van der Waals surface area contributed by atoms with Crippen LogP contribution in [-0.2, 0) is 47.9 Å². The molecule has 0 aromatic heterocycles. The first-order valence-electron chi connectivity index (χ1n) is 23.1. The van der Waals surface area contributed by atoms with E-state index >= 15 is 0 Å². The molecule has 3 N–H and O–H groups in total. The van der Waals surface area contributed by atoms with Crippen molar-refractivity contribution in [1.29, 1.82) is 0 Å². The molecule has 0 fully saturated rings. The molecule has 0 radical (unpaired) electrons. The van der Waals surface area contributed by atoms with Crippen molar-refractivity contribution in [2.75, 3.05) is 39.6 Å². The number of ether oxygens (including phenoxy) is 3. The van der Waals surface area contributed by atoms with Crippen LogP contribution in [0, 0.1) is 0 Å². The van der Waals surface area contributed by atoms with Gasteiger partial charge in [-0.2, -0.15) is 0 Å². The van der Waals surface area contributed by atoms with Gasteiger partial charge in [0.05, 0.1) is 39.1 Å². The zero-order valence-corrected chi connectivity index (χ0v) is 38.1. The van der Waals surface area contributed by atoms with E-state index in [1.165, 1.54) is 11.1 Å². The van der Waals surface area contributed by atoms with E-state index < -0.39 is 0 Å². The second kappa shape index (κ2) is 32.3. The highest BCUT2D eigenvalue weighted by atomic mass is 16.5. The lowest BCUT2D eigenvalue weighted by molar-refractivity contribution is -0.143. The first-order chi connectivity index (χ1) is 32.4. The number of carbonyl (C=O) groups is 3. The normalized spacial score (nSPS) is 10.4. The molecule has 6 aromatic rings. The van der Waals surface area contributed by atoms with Gasteiger partial charge >= 0.3 is 17.9 Å². The van der Waals surface area contributed by atoms with Crippen molar-refractivity contribution in [2.24, 2.45) is 0 Å². The molecule has 0 bridgehead atoms. The Kier molecular flexibility index (Phi) is 25.6. The summed E-state index contributed by atoms with van der Waals surface area (Å²) in [7, 11) is 0. The monoisotopic (exact) mass is 894 g/mol. The van der Waals surface area contributed by atoms with Crippen LogP contribution >= 0.6 is 0 Å². The van der Waals surface area contributed by atoms with Gasteiger partial charge in [-0.05, 0) is 101 Å². The maximum absolute atomic E-state index is 11.8. The zero-order valence-electron chi connectivity index (χ0n) is 38.1. The summed E-state index contributed by atoms with van der Waals surface area (Å²) in [6.07, 6.45) is 8.37. The number of benzene rings is 6. The Bertz CT molecular complexity index is 2190. The quantitative estimate of drug-likeness (QED) is 0.0308. The highest BCUT2D eigenvalue weighted by Crippen LogP contribution is 2.22. The highest BCUT2D eigenvalue weighted by Gasteiger charge is 2.08. The molecule has 0 amide bonds. The Morgan fingerprint density at radius 3 is 0.803 bits per heavy atom. The Morgan fingerprint density at radius 2 is 0.515 bits per heavy atom. The SMILES string of the molecule is O=C(Cc1ccc(-c2ccccc2)cc1)OCCCCCCO.O=C(Cc1ccc(-c2ccccc2)cc1)OCCCCCO.O=C(Cc1ccc(-c2ccccc2)cc1)OCCCCO. The fourth-order valence-electron chi connectivity index (χ4n) is 6.72. The number of unbranched alkanes of at least 4 members (excludes halogenated alkanes) is 6. The van der Waals surface area contributed by atoms with Crippen LogP contribution in [0.2, 0.25) is 0 Å². The van der Waals surface area contributed by atoms with Gasteiger partial charge in [-0.3, -0.25) is 14.4 Å². The molecule has 0 heterocycles. The van der Waals surface area contributed by atoms with E-state index in [1.807, 2.05) is 127 Å². The van der Waals surface area contributed by atoms with Crippen molar-refractivity contribution in [1.82, 2.24) is 0 Å². The van der Waals surface area contributed by atoms with Crippen molar-refractivity contribution >= 4 is 17.9 Å². The van der Waals surface area contributed by atoms with Crippen molar-refractivity contribution in [2.45, 2.75) is 77.0 Å². The Labute approximate surface area is 391 Å². The maximum atomic E-state index is 11.8. The van der Waals surface area contributed by atoms with Crippen molar-refractivity contribution in [3.8, 4) is 33.4 Å². The minimum absolute atomic E-state index is 0.137. The third kappa shape index (κ3) is 21.5. The minimum atomic E-state index is -0.222. The number of hydrogen-bond acceptors (Lipinski definition) is 9. The van der Waals surface area contributed by atoms with Gasteiger partial charge in [0.1, 0.15) is 0 Å². The standard InChI is InChI=1S/C20H24O3.C19H22O3.C18H20O3/c21-14-6-1-2-7-15-23-20(22)16-17-10-12-19(13-11-17)18-8-4-3-5-9-18;20-13-5-2-6-14-22-19(21)15-16-9-11-18(12-10-16)17-7-3-1-4-8-17;19-12-4-5-13-21-18(20)14-15-8-10-17(11-9-15)16-6-2-1-3-7-16/h3-5,8-13,21H,1-2,6-7,14-16H2;1,3-4,7-12,20H,2,5-6,13-15H2;1-3,6-11,19H,4-5,12-14H2. The van der Waals surface area contributed by atoms with Crippen LogP contribution in [0.4, 0.5) is 0 Å². The Morgan fingerprint density at radius 1 is 0.288 bits per heavy atom. The largest absolute Gasteiger partial charge is 0.465 e. The molecule has 0 saturated carbocycles. The maximum Gasteiger partial charge on any atom is 0.310 e. The summed E-state index contributed by atoms with van der Waals surface area (Å²) in [5, 5.41) is 26.0. The smallest absolute Gasteiger partial charge is 0.310 e. The van der Waals surface area contributed by atoms with Crippen LogP contribution in [0.1, 0.15) is 74.5 Å². The first kappa shape index (κ1) is 52.2. The van der Waals surface area contributed by atoms with Crippen LogP contribution in [0.25, 0.3) is 33.4 Å². The molecule has 0 aliphatic carbocycles. The molecule has 6 rings (SSSR count). The predicted octanol–water partition coefficient (Wildman–Crippen LogP) is 10.8. The molecule has 6 aromatic carbocycles. The van der Waals surface area contributed by atoms with Gasteiger partial charge in [0.2, 0.25) is 0 Å². The van der Waals surface area contributed by atoms with Gasteiger partial charge in [-0.1, -0.05) is 170 Å². The average Bonchev–Trinajstić information content (AvgIpc) is 3.36. The van der Waals surface area contributed by atoms with E-state index in [0.29, 0.717) is 45.5 Å². The molecule has 348 valence electrons. The predicted molar refractivity (Wildman–Crippen MR) is 262 cm³/mol. The number of aliphatic hydroxyl groups is 3. The van der Waals surface area contributed by atoms with E-state index in [9.17, 15) is 14.4 Å². The van der Waals surface area contributed by atoms with Crippen LogP contribution in [0.3, 0.4) is 0 Å². The molecule has 9 heteroatoms. The van der Waals surface area contributed by atoms with E-state index in [0.717, 1.165) is 83.9 Å². The number of rotatable bonds is 24. The van der Waals surface area contributed by atoms with E-state index in [4.69, 9.17) is 29.5 Å². The summed E-state index contributed by atoms with van der Waals surface area (Å²) in [4.78, 5) is 35.2. The van der Waals surface area contributed by atoms with E-state index in [2.05, 4.69) is 36.4 Å². The lowest BCUT2D eigenvalue weighted by atomic mass is 10.0. The van der Waals surface area contributed by atoms with Crippen LogP contribution in [0.5, 0.6) is 0 Å². The summed E-state index contributed by atoms with van der Waals surface area (Å²) >= 11 is 0. The zero-order chi connectivity index (χ0) is 46.9. The molecule has 0 aliphatic rings. The summed E-state index contributed by atoms with van der Waals surface area (Å²) in [5.41, 5.74) is 9.79. The summed E-state index contributed by atoms with van der Waals surface area (Å²) in [5.74, 6) is -0.600. The van der Waals surface area contributed by atoms with E-state index in [1.54, 1.807) is 0 Å². The molecule has 0 unspecified atom stereocenters. The second-order valence-corrected chi connectivity index (χ2v) is 15.7. The second-order valence-electron chi connectivity index (χ2n) is 15.7. The lowest BCUT2D eigenvalue weighted by Gasteiger charge is -2.06. The third-order valence-corrected chi connectivity index (χ3v) is 10.4. The molecule has 0 atom stereocenters. The third-order valence-electron chi connectivity index (χ3n) is 10.4. The van der Waals surface area contributed by atoms with Gasteiger partial charge in [0, 0.05) is 19.8 Å². The minimum Gasteiger partial charge on any atom is -0.465 e. The molecule has 0 spiro atoms. The molecule has 0 saturated heterocycles. The number of carbonyl (C=O) groups excluding carboxylic acids is 3. The van der Waals surface area contributed by atoms with Gasteiger partial charge in [-0.25, -0.2) is 0 Å². The summed E-state index contributed by atoms with van der Waals surface area (Å²) < 4.78 is 15.5. The fourth-order valence-corrected chi connectivity index (χ4v) is 6.72. The number of esters is 3. The van der Waals surface area contributed by atoms with E-state index in [-0.39, 0.29) is 44.1 Å². The van der Waals surface area contributed by atoms with Crippen molar-refractivity contribution < 1.29 is 43.9 Å². The lowest BCUT2D eigenvalue weighted by Crippen LogP contribution is -2.09. The first-order valence-corrected chi connectivity index (χ1v) is 23.1. The van der Waals surface area contributed by atoms with Crippen LogP contribution in [0.15, 0.2) is 164 Å². The van der Waals surface area contributed by atoms with Crippen LogP contribution in [-0.4, -0.2) is 72.9 Å². The number of hydrogen-bond donors (Lipinski definition) is 3. The molecular formula is C57H66O9. The van der Waals surface area contributed by atoms with Gasteiger partial charge in [0.15, 0.2) is 0 Å². The summed E-state index contributed by atoms with van der Waals surface area (Å²) in [6, 6.07) is 54.4. The Balaban J connectivity index is 0.000000217. The molecule has 66 heavy (non-hydrogen) atoms. The van der Waals surface area contributed by atoms with Gasteiger partial charge < -0.3 is 29.5 Å². The van der Waals surface area contributed by atoms with Crippen molar-refractivity contribution in [3.05, 3.63) is 180 Å². The molecule has 9 nitrogen and oxygen atoms in total. The summed E-state index contributed by atoms with van der Waals surface area (Å²) in [6.45, 7) is 1.84.